The largest absolute Gasteiger partial charge is 0.490 e. The van der Waals surface area contributed by atoms with E-state index in [1.807, 2.05) is 13.8 Å². The molecule has 0 unspecified atom stereocenters. The number of ether oxygens (including phenoxy) is 2. The van der Waals surface area contributed by atoms with Gasteiger partial charge in [0.1, 0.15) is 0 Å². The Balaban J connectivity index is 1.54. The first-order valence-electron chi connectivity index (χ1n) is 10.1. The molecule has 2 amide bonds. The minimum absolute atomic E-state index is 0.00512. The van der Waals surface area contributed by atoms with Gasteiger partial charge in [0.05, 0.1) is 19.0 Å². The first kappa shape index (κ1) is 22.4. The number of hydrogen-bond donors (Lipinski definition) is 2. The van der Waals surface area contributed by atoms with E-state index >= 15 is 0 Å². The lowest BCUT2D eigenvalue weighted by molar-refractivity contribution is -0.119. The highest BCUT2D eigenvalue weighted by molar-refractivity contribution is 8.01. The number of anilines is 1. The Bertz CT molecular complexity index is 868. The molecule has 8 nitrogen and oxygen atoms in total. The van der Waals surface area contributed by atoms with E-state index in [2.05, 4.69) is 20.8 Å². The van der Waals surface area contributed by atoms with Crippen molar-refractivity contribution in [1.82, 2.24) is 15.5 Å². The number of carbonyl (C=O) groups is 2. The number of nitrogens with zero attached hydrogens (tertiary/aromatic N) is 2. The normalized spacial score (nSPS) is 13.8. The Labute approximate surface area is 184 Å². The van der Waals surface area contributed by atoms with Gasteiger partial charge in [-0.3, -0.25) is 14.9 Å². The number of carbonyl (C=O) groups excluding carboxylic acids is 2. The van der Waals surface area contributed by atoms with Crippen molar-refractivity contribution in [3.05, 3.63) is 23.8 Å². The van der Waals surface area contributed by atoms with E-state index in [0.717, 1.165) is 12.8 Å². The smallest absolute Gasteiger partial charge is 0.257 e. The third kappa shape index (κ3) is 6.33. The highest BCUT2D eigenvalue weighted by Crippen LogP contribution is 2.30. The van der Waals surface area contributed by atoms with Crippen molar-refractivity contribution in [2.45, 2.75) is 49.9 Å². The molecule has 1 aliphatic rings. The summed E-state index contributed by atoms with van der Waals surface area (Å²) in [6.45, 7) is 4.74. The van der Waals surface area contributed by atoms with E-state index in [0.29, 0.717) is 45.8 Å². The fourth-order valence-electron chi connectivity index (χ4n) is 3.15. The van der Waals surface area contributed by atoms with E-state index in [9.17, 15) is 9.59 Å². The minimum atomic E-state index is -0.314. The fourth-order valence-corrected chi connectivity index (χ4v) is 4.71. The van der Waals surface area contributed by atoms with Gasteiger partial charge in [-0.1, -0.05) is 35.9 Å². The summed E-state index contributed by atoms with van der Waals surface area (Å²) < 4.78 is 11.7. The second-order valence-electron chi connectivity index (χ2n) is 6.69. The van der Waals surface area contributed by atoms with Gasteiger partial charge in [0, 0.05) is 11.6 Å². The number of thioether (sulfide) groups is 1. The van der Waals surface area contributed by atoms with Crippen LogP contribution < -0.4 is 20.1 Å². The van der Waals surface area contributed by atoms with Crippen LogP contribution in [0, 0.1) is 0 Å². The molecule has 162 valence electrons. The van der Waals surface area contributed by atoms with Crippen LogP contribution in [-0.2, 0) is 4.79 Å². The van der Waals surface area contributed by atoms with Gasteiger partial charge in [-0.25, -0.2) is 0 Å². The molecule has 3 rings (SSSR count). The Hall–Kier alpha value is -2.33. The molecule has 30 heavy (non-hydrogen) atoms. The molecule has 0 spiro atoms. The topological polar surface area (TPSA) is 102 Å². The predicted molar refractivity (Wildman–Crippen MR) is 118 cm³/mol. The molecule has 0 saturated heterocycles. The van der Waals surface area contributed by atoms with Crippen LogP contribution in [-0.4, -0.2) is 47.0 Å². The van der Waals surface area contributed by atoms with Crippen LogP contribution in [0.25, 0.3) is 0 Å². The maximum atomic E-state index is 12.6. The van der Waals surface area contributed by atoms with Crippen LogP contribution >= 0.6 is 23.1 Å². The van der Waals surface area contributed by atoms with Crippen molar-refractivity contribution in [3.63, 3.8) is 0 Å². The van der Waals surface area contributed by atoms with Crippen LogP contribution in [0.2, 0.25) is 0 Å². The van der Waals surface area contributed by atoms with E-state index < -0.39 is 0 Å². The molecule has 2 aromatic rings. The van der Waals surface area contributed by atoms with Crippen molar-refractivity contribution in [2.24, 2.45) is 0 Å². The second kappa shape index (κ2) is 11.2. The molecule has 1 aromatic carbocycles. The number of nitrogens with one attached hydrogen (secondary N) is 2. The lowest BCUT2D eigenvalue weighted by Gasteiger charge is -2.12. The predicted octanol–water partition coefficient (Wildman–Crippen LogP) is 3.74. The van der Waals surface area contributed by atoms with E-state index in [1.165, 1.54) is 35.9 Å². The molecule has 0 aliphatic heterocycles. The summed E-state index contributed by atoms with van der Waals surface area (Å²) in [6, 6.07) is 5.34. The summed E-state index contributed by atoms with van der Waals surface area (Å²) in [4.78, 5) is 24.6. The number of benzene rings is 1. The molecular weight excluding hydrogens is 424 g/mol. The third-order valence-corrected chi connectivity index (χ3v) is 6.45. The fraction of sp³-hybridized carbons (Fsp3) is 0.500. The lowest BCUT2D eigenvalue weighted by Crippen LogP contribution is -2.33. The van der Waals surface area contributed by atoms with E-state index in [-0.39, 0.29) is 17.6 Å². The minimum Gasteiger partial charge on any atom is -0.490 e. The summed E-state index contributed by atoms with van der Waals surface area (Å²) in [5, 5.41) is 14.2. The molecule has 0 bridgehead atoms. The summed E-state index contributed by atoms with van der Waals surface area (Å²) in [7, 11) is 0. The van der Waals surface area contributed by atoms with Gasteiger partial charge in [-0.2, -0.15) is 0 Å². The molecule has 1 heterocycles. The lowest BCUT2D eigenvalue weighted by atomic mass is 10.2. The van der Waals surface area contributed by atoms with E-state index in [4.69, 9.17) is 9.47 Å². The Morgan fingerprint density at radius 3 is 2.60 bits per heavy atom. The van der Waals surface area contributed by atoms with Crippen LogP contribution in [0.5, 0.6) is 11.5 Å². The van der Waals surface area contributed by atoms with Gasteiger partial charge in [0.2, 0.25) is 11.0 Å². The van der Waals surface area contributed by atoms with Gasteiger partial charge >= 0.3 is 0 Å². The number of amides is 2. The maximum absolute atomic E-state index is 12.6. The van der Waals surface area contributed by atoms with Crippen molar-refractivity contribution < 1.29 is 19.1 Å². The summed E-state index contributed by atoms with van der Waals surface area (Å²) in [6.07, 6.45) is 4.47. The molecule has 2 N–H and O–H groups in total. The highest BCUT2D eigenvalue weighted by Gasteiger charge is 2.18. The van der Waals surface area contributed by atoms with Crippen molar-refractivity contribution >= 4 is 40.0 Å². The zero-order chi connectivity index (χ0) is 21.3. The first-order chi connectivity index (χ1) is 14.6. The quantitative estimate of drug-likeness (QED) is 0.420. The second-order valence-corrected chi connectivity index (χ2v) is 8.89. The van der Waals surface area contributed by atoms with Crippen LogP contribution in [0.15, 0.2) is 22.5 Å². The van der Waals surface area contributed by atoms with Gasteiger partial charge < -0.3 is 14.8 Å². The van der Waals surface area contributed by atoms with Crippen LogP contribution in [0.4, 0.5) is 5.13 Å². The maximum Gasteiger partial charge on any atom is 0.257 e. The molecule has 0 atom stereocenters. The Morgan fingerprint density at radius 1 is 1.13 bits per heavy atom. The standard InChI is InChI=1S/C20H26N4O4S2/c1-3-27-15-10-9-13(11-16(15)28-4-2)18(26)22-19-23-24-20(30-19)29-12-17(25)21-14-7-5-6-8-14/h9-11,14H,3-8,12H2,1-2H3,(H,21,25)(H,22,23,26). The molecule has 1 saturated carbocycles. The molecule has 0 radical (unpaired) electrons. The monoisotopic (exact) mass is 450 g/mol. The summed E-state index contributed by atoms with van der Waals surface area (Å²) >= 11 is 2.56. The molecule has 1 aliphatic carbocycles. The average Bonchev–Trinajstić information content (AvgIpc) is 3.40. The highest BCUT2D eigenvalue weighted by atomic mass is 32.2. The van der Waals surface area contributed by atoms with Gasteiger partial charge in [0.15, 0.2) is 15.8 Å². The van der Waals surface area contributed by atoms with Gasteiger partial charge in [0.25, 0.3) is 5.91 Å². The Kier molecular flexibility index (Phi) is 8.32. The summed E-state index contributed by atoms with van der Waals surface area (Å²) in [5.74, 6) is 1.10. The zero-order valence-electron chi connectivity index (χ0n) is 17.1. The van der Waals surface area contributed by atoms with Crippen molar-refractivity contribution in [1.29, 1.82) is 0 Å². The van der Waals surface area contributed by atoms with Crippen LogP contribution in [0.3, 0.4) is 0 Å². The molecule has 1 aromatic heterocycles. The van der Waals surface area contributed by atoms with Gasteiger partial charge in [-0.15, -0.1) is 10.2 Å². The van der Waals surface area contributed by atoms with Crippen LogP contribution in [0.1, 0.15) is 49.9 Å². The van der Waals surface area contributed by atoms with Crippen molar-refractivity contribution in [2.75, 3.05) is 24.3 Å². The first-order valence-corrected chi connectivity index (χ1v) is 11.9. The van der Waals surface area contributed by atoms with Crippen molar-refractivity contribution in [3.8, 4) is 11.5 Å². The number of aromatic nitrogens is 2. The zero-order valence-corrected chi connectivity index (χ0v) is 18.7. The molecule has 10 heteroatoms. The molecule has 1 fully saturated rings. The average molecular weight is 451 g/mol. The molecular formula is C20H26N4O4S2. The SMILES string of the molecule is CCOc1ccc(C(=O)Nc2nnc(SCC(=O)NC3CCCC3)s2)cc1OCC. The summed E-state index contributed by atoms with van der Waals surface area (Å²) in [5.41, 5.74) is 0.433. The number of rotatable bonds is 10. The van der Waals surface area contributed by atoms with Gasteiger partial charge in [-0.05, 0) is 44.9 Å². The Morgan fingerprint density at radius 2 is 1.87 bits per heavy atom. The van der Waals surface area contributed by atoms with E-state index in [1.54, 1.807) is 18.2 Å². The third-order valence-electron chi connectivity index (χ3n) is 4.48. The number of hydrogen-bond acceptors (Lipinski definition) is 8.